The second-order valence-corrected chi connectivity index (χ2v) is 4.38. The molecule has 1 atom stereocenters. The van der Waals surface area contributed by atoms with Crippen molar-refractivity contribution in [3.63, 3.8) is 0 Å². The summed E-state index contributed by atoms with van der Waals surface area (Å²) in [6, 6.07) is 11.0. The second kappa shape index (κ2) is 5.87. The van der Waals surface area contributed by atoms with Crippen molar-refractivity contribution in [2.45, 2.75) is 13.0 Å². The molecule has 88 valence electrons. The summed E-state index contributed by atoms with van der Waals surface area (Å²) in [4.78, 5) is 2.53. The molecule has 1 aromatic rings. The standard InChI is InChI=1S/C13H21N3/c1-12(16-9-7-14-8-10-16)11-15-13-5-3-2-4-6-13/h2-6,12,14-15H,7-11H2,1H3. The largest absolute Gasteiger partial charge is 0.383 e. The van der Waals surface area contributed by atoms with Gasteiger partial charge in [0.1, 0.15) is 0 Å². The van der Waals surface area contributed by atoms with Crippen molar-refractivity contribution in [1.29, 1.82) is 0 Å². The lowest BCUT2D eigenvalue weighted by Crippen LogP contribution is -2.49. The lowest BCUT2D eigenvalue weighted by Gasteiger charge is -2.33. The molecule has 1 aliphatic heterocycles. The Bertz CT molecular complexity index is 293. The molecule has 0 radical (unpaired) electrons. The molecule has 16 heavy (non-hydrogen) atoms. The average Bonchev–Trinajstić information content (AvgIpc) is 2.38. The summed E-state index contributed by atoms with van der Waals surface area (Å²) in [6.45, 7) is 7.88. The van der Waals surface area contributed by atoms with Crippen LogP contribution in [0.15, 0.2) is 30.3 Å². The highest BCUT2D eigenvalue weighted by atomic mass is 15.2. The second-order valence-electron chi connectivity index (χ2n) is 4.38. The van der Waals surface area contributed by atoms with Crippen LogP contribution in [0.2, 0.25) is 0 Å². The molecule has 1 aliphatic rings. The molecule has 1 heterocycles. The van der Waals surface area contributed by atoms with Crippen LogP contribution >= 0.6 is 0 Å². The zero-order valence-electron chi connectivity index (χ0n) is 9.95. The third kappa shape index (κ3) is 3.22. The van der Waals surface area contributed by atoms with Gasteiger partial charge in [-0.25, -0.2) is 0 Å². The van der Waals surface area contributed by atoms with Crippen LogP contribution in [0, 0.1) is 0 Å². The topological polar surface area (TPSA) is 27.3 Å². The Morgan fingerprint density at radius 1 is 1.25 bits per heavy atom. The normalized spacial score (nSPS) is 19.3. The maximum atomic E-state index is 3.48. The Hall–Kier alpha value is -1.06. The van der Waals surface area contributed by atoms with Crippen molar-refractivity contribution in [2.24, 2.45) is 0 Å². The summed E-state index contributed by atoms with van der Waals surface area (Å²) in [6.07, 6.45) is 0. The Morgan fingerprint density at radius 3 is 2.62 bits per heavy atom. The van der Waals surface area contributed by atoms with Gasteiger partial charge in [0.15, 0.2) is 0 Å². The van der Waals surface area contributed by atoms with Gasteiger partial charge >= 0.3 is 0 Å². The molecule has 2 rings (SSSR count). The molecule has 3 nitrogen and oxygen atoms in total. The maximum absolute atomic E-state index is 3.48. The quantitative estimate of drug-likeness (QED) is 0.801. The number of hydrogen-bond donors (Lipinski definition) is 2. The van der Waals surface area contributed by atoms with Gasteiger partial charge in [-0.3, -0.25) is 4.90 Å². The first-order valence-electron chi connectivity index (χ1n) is 6.10. The minimum atomic E-state index is 0.599. The minimum absolute atomic E-state index is 0.599. The number of para-hydroxylation sites is 1. The van der Waals surface area contributed by atoms with E-state index in [1.54, 1.807) is 0 Å². The van der Waals surface area contributed by atoms with Crippen LogP contribution in [0.1, 0.15) is 6.92 Å². The van der Waals surface area contributed by atoms with Gasteiger partial charge in [-0.1, -0.05) is 18.2 Å². The number of rotatable bonds is 4. The van der Waals surface area contributed by atoms with E-state index in [2.05, 4.69) is 46.7 Å². The van der Waals surface area contributed by atoms with E-state index in [1.807, 2.05) is 6.07 Å². The molecular weight excluding hydrogens is 198 g/mol. The molecule has 0 amide bonds. The van der Waals surface area contributed by atoms with Crippen molar-refractivity contribution in [1.82, 2.24) is 10.2 Å². The number of hydrogen-bond acceptors (Lipinski definition) is 3. The van der Waals surface area contributed by atoms with Crippen molar-refractivity contribution < 1.29 is 0 Å². The third-order valence-corrected chi connectivity index (χ3v) is 3.15. The summed E-state index contributed by atoms with van der Waals surface area (Å²) in [5.41, 5.74) is 1.21. The molecule has 0 aliphatic carbocycles. The molecule has 0 bridgehead atoms. The van der Waals surface area contributed by atoms with Crippen LogP contribution in [-0.4, -0.2) is 43.7 Å². The van der Waals surface area contributed by atoms with Crippen LogP contribution in [0.5, 0.6) is 0 Å². The first-order valence-corrected chi connectivity index (χ1v) is 6.10. The highest BCUT2D eigenvalue weighted by Gasteiger charge is 2.15. The van der Waals surface area contributed by atoms with Crippen LogP contribution < -0.4 is 10.6 Å². The monoisotopic (exact) mass is 219 g/mol. The fourth-order valence-corrected chi connectivity index (χ4v) is 2.07. The number of nitrogens with zero attached hydrogens (tertiary/aromatic N) is 1. The van der Waals surface area contributed by atoms with Gasteiger partial charge in [0.2, 0.25) is 0 Å². The Balaban J connectivity index is 1.76. The fourth-order valence-electron chi connectivity index (χ4n) is 2.07. The number of benzene rings is 1. The molecule has 0 spiro atoms. The van der Waals surface area contributed by atoms with E-state index in [4.69, 9.17) is 0 Å². The van der Waals surface area contributed by atoms with Crippen molar-refractivity contribution in [3.8, 4) is 0 Å². The van der Waals surface area contributed by atoms with Crippen LogP contribution in [0.4, 0.5) is 5.69 Å². The van der Waals surface area contributed by atoms with Gasteiger partial charge in [-0.15, -0.1) is 0 Å². The molecule has 1 aromatic carbocycles. The van der Waals surface area contributed by atoms with Crippen LogP contribution in [0.3, 0.4) is 0 Å². The fraction of sp³-hybridized carbons (Fsp3) is 0.538. The van der Waals surface area contributed by atoms with Crippen LogP contribution in [0.25, 0.3) is 0 Å². The lowest BCUT2D eigenvalue weighted by atomic mass is 10.2. The lowest BCUT2D eigenvalue weighted by molar-refractivity contribution is 0.191. The smallest absolute Gasteiger partial charge is 0.0340 e. The SMILES string of the molecule is CC(CNc1ccccc1)N1CCNCC1. The van der Waals surface area contributed by atoms with Gasteiger partial charge in [-0.05, 0) is 19.1 Å². The van der Waals surface area contributed by atoms with E-state index in [1.165, 1.54) is 5.69 Å². The highest BCUT2D eigenvalue weighted by molar-refractivity contribution is 5.42. The third-order valence-electron chi connectivity index (χ3n) is 3.15. The van der Waals surface area contributed by atoms with Gasteiger partial charge < -0.3 is 10.6 Å². The van der Waals surface area contributed by atoms with Crippen molar-refractivity contribution in [3.05, 3.63) is 30.3 Å². The number of piperazine rings is 1. The van der Waals surface area contributed by atoms with Gasteiger partial charge in [-0.2, -0.15) is 0 Å². The molecule has 0 aromatic heterocycles. The first-order chi connectivity index (χ1) is 7.86. The van der Waals surface area contributed by atoms with E-state index in [-0.39, 0.29) is 0 Å². The van der Waals surface area contributed by atoms with Crippen LogP contribution in [-0.2, 0) is 0 Å². The predicted octanol–water partition coefficient (Wildman–Crippen LogP) is 1.39. The summed E-state index contributed by atoms with van der Waals surface area (Å²) in [5.74, 6) is 0. The molecule has 3 heteroatoms. The molecule has 0 saturated carbocycles. The highest BCUT2D eigenvalue weighted by Crippen LogP contribution is 2.07. The molecule has 1 saturated heterocycles. The molecular formula is C13H21N3. The summed E-state index contributed by atoms with van der Waals surface area (Å²) < 4.78 is 0. The van der Waals surface area contributed by atoms with Crippen molar-refractivity contribution in [2.75, 3.05) is 38.0 Å². The van der Waals surface area contributed by atoms with Gasteiger partial charge in [0.05, 0.1) is 0 Å². The zero-order chi connectivity index (χ0) is 11.2. The Labute approximate surface area is 97.8 Å². The summed E-state index contributed by atoms with van der Waals surface area (Å²) in [7, 11) is 0. The summed E-state index contributed by atoms with van der Waals surface area (Å²) >= 11 is 0. The number of anilines is 1. The molecule has 2 N–H and O–H groups in total. The van der Waals surface area contributed by atoms with E-state index in [0.717, 1.165) is 32.7 Å². The average molecular weight is 219 g/mol. The Morgan fingerprint density at radius 2 is 1.94 bits per heavy atom. The summed E-state index contributed by atoms with van der Waals surface area (Å²) in [5, 5.41) is 6.86. The van der Waals surface area contributed by atoms with Crippen molar-refractivity contribution >= 4 is 5.69 Å². The van der Waals surface area contributed by atoms with Gasteiger partial charge in [0.25, 0.3) is 0 Å². The molecule has 1 unspecified atom stereocenters. The van der Waals surface area contributed by atoms with E-state index >= 15 is 0 Å². The van der Waals surface area contributed by atoms with Gasteiger partial charge in [0, 0.05) is 44.5 Å². The zero-order valence-corrected chi connectivity index (χ0v) is 9.95. The molecule has 1 fully saturated rings. The van der Waals surface area contributed by atoms with E-state index < -0.39 is 0 Å². The van der Waals surface area contributed by atoms with E-state index in [9.17, 15) is 0 Å². The first kappa shape index (κ1) is 11.4. The minimum Gasteiger partial charge on any atom is -0.383 e. The number of nitrogens with one attached hydrogen (secondary N) is 2. The maximum Gasteiger partial charge on any atom is 0.0340 e. The predicted molar refractivity (Wildman–Crippen MR) is 68.8 cm³/mol. The Kier molecular flexibility index (Phi) is 4.19. The van der Waals surface area contributed by atoms with E-state index in [0.29, 0.717) is 6.04 Å².